The lowest BCUT2D eigenvalue weighted by molar-refractivity contribution is -0.870. The lowest BCUT2D eigenvalue weighted by atomic mass is 10.2. The van der Waals surface area contributed by atoms with Gasteiger partial charge in [-0.25, -0.2) is 0 Å². The minimum atomic E-state index is -1.66. The highest BCUT2D eigenvalue weighted by Crippen LogP contribution is 2.09. The fourth-order valence-corrected chi connectivity index (χ4v) is 6.53. The number of ether oxygens (including phenoxy) is 4. The number of quaternary nitrogens is 1. The maximum Gasteiger partial charge on any atom is 0.306 e. The number of aliphatic carboxylic acids is 1. The SMILES string of the molecule is CC/C=C\C/C=C\C/C=C\C/C=C\C/C=C\C/C=C\C/C=C\C/C=C\C/C=C\C/C=C\C/C=C\C/C=C\CCCCC(=O)OC(COC(=O)CC/C=C\C/C=C\C/C=C\C/C=C\CC)COC(OCC[N+](C)(C)C)C(=O)[O-]. The van der Waals surface area contributed by atoms with E-state index in [0.717, 1.165) is 116 Å². The monoisotopic (exact) mass is 1060 g/mol. The predicted molar refractivity (Wildman–Crippen MR) is 324 cm³/mol. The molecule has 0 spiro atoms. The second kappa shape index (κ2) is 56.3. The average Bonchev–Trinajstić information content (AvgIpc) is 3.40. The number of allylic oxidation sites excluding steroid dienone is 32. The van der Waals surface area contributed by atoms with Gasteiger partial charge in [-0.3, -0.25) is 9.59 Å². The molecule has 0 aliphatic rings. The van der Waals surface area contributed by atoms with Gasteiger partial charge in [-0.05, 0) is 128 Å². The third-order valence-corrected chi connectivity index (χ3v) is 10.9. The van der Waals surface area contributed by atoms with Crippen molar-refractivity contribution in [3.05, 3.63) is 194 Å². The number of carbonyl (C=O) groups is 3. The Bertz CT molecular complexity index is 1960. The molecule has 426 valence electrons. The number of carbonyl (C=O) groups excluding carboxylic acids is 3. The summed E-state index contributed by atoms with van der Waals surface area (Å²) in [4.78, 5) is 37.1. The van der Waals surface area contributed by atoms with Crippen LogP contribution in [0.15, 0.2) is 194 Å². The summed E-state index contributed by atoms with van der Waals surface area (Å²) in [5.74, 6) is -2.48. The molecule has 0 aromatic heterocycles. The molecule has 2 atom stereocenters. The molecule has 9 heteroatoms. The van der Waals surface area contributed by atoms with E-state index in [1.807, 2.05) is 33.3 Å². The Morgan fingerprint density at radius 1 is 0.390 bits per heavy atom. The van der Waals surface area contributed by atoms with E-state index < -0.39 is 30.3 Å². The second-order valence-corrected chi connectivity index (χ2v) is 19.1. The molecule has 0 fully saturated rings. The van der Waals surface area contributed by atoms with E-state index in [-0.39, 0.29) is 32.7 Å². The standard InChI is InChI=1S/C68H101NO8/c1-6-8-10-12-14-16-18-20-21-22-23-24-25-26-27-28-29-30-31-32-33-34-35-36-37-38-39-40-41-42-43-44-45-47-49-51-53-55-57-59-66(71)77-64(63-76-68(67(72)73)74-61-60-69(3,4)5)62-75-65(70)58-56-54-52-50-48-46-19-17-15-13-11-9-7-2/h8-11,14-17,20-21,23-24,26-27,29-30,32-33,35-36,38-39,41-42,44-46,48-49,51-52,54,64,68H,6-7,12-13,18-19,22,25,28,31,34,37,40,43,47,50,53,55-63H2,1-5H3/b10-8-,11-9-,16-14-,17-15-,21-20-,24-23-,27-26-,30-29-,33-32-,36-35-,39-38-,42-41-,45-44-,48-46-,51-49-,54-52-. The minimum Gasteiger partial charge on any atom is -0.545 e. The van der Waals surface area contributed by atoms with Crippen LogP contribution in [0.25, 0.3) is 0 Å². The lowest BCUT2D eigenvalue weighted by Crippen LogP contribution is -2.44. The van der Waals surface area contributed by atoms with Crippen LogP contribution in [-0.2, 0) is 33.3 Å². The Balaban J connectivity index is 4.36. The van der Waals surface area contributed by atoms with Crippen LogP contribution in [0.4, 0.5) is 0 Å². The Labute approximate surface area is 468 Å². The topological polar surface area (TPSA) is 111 Å². The van der Waals surface area contributed by atoms with Crippen LogP contribution in [-0.4, -0.2) is 82.3 Å². The van der Waals surface area contributed by atoms with E-state index in [1.54, 1.807) is 0 Å². The molecule has 9 nitrogen and oxygen atoms in total. The first-order chi connectivity index (χ1) is 37.6. The number of hydrogen-bond acceptors (Lipinski definition) is 8. The molecule has 0 aromatic rings. The minimum absolute atomic E-state index is 0.117. The molecule has 0 rings (SSSR count). The van der Waals surface area contributed by atoms with Gasteiger partial charge in [0, 0.05) is 12.8 Å². The number of rotatable bonds is 49. The Morgan fingerprint density at radius 2 is 0.714 bits per heavy atom. The summed E-state index contributed by atoms with van der Waals surface area (Å²) in [6.45, 7) is 4.32. The third-order valence-electron chi connectivity index (χ3n) is 10.9. The van der Waals surface area contributed by atoms with Crippen molar-refractivity contribution in [2.75, 3.05) is 47.5 Å². The van der Waals surface area contributed by atoms with Crippen LogP contribution >= 0.6 is 0 Å². The Hall–Kier alpha value is -5.87. The summed E-state index contributed by atoms with van der Waals surface area (Å²) in [7, 11) is 5.86. The number of nitrogens with zero attached hydrogens (tertiary/aromatic N) is 1. The number of unbranched alkanes of at least 4 members (excludes halogenated alkanes) is 2. The quantitative estimate of drug-likeness (QED) is 0.0195. The summed E-state index contributed by atoms with van der Waals surface area (Å²) in [5.41, 5.74) is 0. The van der Waals surface area contributed by atoms with Crippen molar-refractivity contribution in [1.82, 2.24) is 0 Å². The van der Waals surface area contributed by atoms with Crippen molar-refractivity contribution in [3.8, 4) is 0 Å². The van der Waals surface area contributed by atoms with Gasteiger partial charge in [0.25, 0.3) is 0 Å². The van der Waals surface area contributed by atoms with Crippen molar-refractivity contribution in [2.24, 2.45) is 0 Å². The fraction of sp³-hybridized carbons (Fsp3) is 0.485. The van der Waals surface area contributed by atoms with Gasteiger partial charge >= 0.3 is 11.9 Å². The van der Waals surface area contributed by atoms with E-state index in [1.165, 1.54) is 0 Å². The number of carboxylic acid groups (broad SMARTS) is 1. The van der Waals surface area contributed by atoms with E-state index >= 15 is 0 Å². The highest BCUT2D eigenvalue weighted by molar-refractivity contribution is 5.70. The zero-order chi connectivity index (χ0) is 56.2. The Morgan fingerprint density at radius 3 is 1.04 bits per heavy atom. The number of carboxylic acids is 1. The van der Waals surface area contributed by atoms with Gasteiger partial charge in [0.1, 0.15) is 13.2 Å². The third kappa shape index (κ3) is 57.7. The Kier molecular flexibility index (Phi) is 52.0. The van der Waals surface area contributed by atoms with Crippen LogP contribution < -0.4 is 5.11 Å². The van der Waals surface area contributed by atoms with Gasteiger partial charge in [0.05, 0.1) is 40.3 Å². The van der Waals surface area contributed by atoms with Gasteiger partial charge in [0.2, 0.25) is 0 Å². The first kappa shape index (κ1) is 71.1. The van der Waals surface area contributed by atoms with E-state index in [2.05, 4.69) is 196 Å². The summed E-state index contributed by atoms with van der Waals surface area (Å²) in [6.07, 6.45) is 85.2. The summed E-state index contributed by atoms with van der Waals surface area (Å²) < 4.78 is 22.4. The van der Waals surface area contributed by atoms with Crippen LogP contribution in [0.5, 0.6) is 0 Å². The normalized spacial score (nSPS) is 14.2. The maximum atomic E-state index is 12.8. The molecule has 0 radical (unpaired) electrons. The van der Waals surface area contributed by atoms with Crippen molar-refractivity contribution in [1.29, 1.82) is 0 Å². The fourth-order valence-electron chi connectivity index (χ4n) is 6.53. The van der Waals surface area contributed by atoms with Crippen LogP contribution in [0.1, 0.15) is 155 Å². The number of likely N-dealkylation sites (N-methyl/N-ethyl adjacent to an activating group) is 1. The zero-order valence-electron chi connectivity index (χ0n) is 48.2. The summed E-state index contributed by atoms with van der Waals surface area (Å²) >= 11 is 0. The van der Waals surface area contributed by atoms with Gasteiger partial charge in [-0.2, -0.15) is 0 Å². The molecule has 0 amide bonds. The predicted octanol–water partition coefficient (Wildman–Crippen LogP) is 15.8. The summed E-state index contributed by atoms with van der Waals surface area (Å²) in [6, 6.07) is 0. The van der Waals surface area contributed by atoms with Crippen molar-refractivity contribution >= 4 is 17.9 Å². The lowest BCUT2D eigenvalue weighted by Gasteiger charge is -2.26. The molecule has 2 unspecified atom stereocenters. The molecule has 0 aliphatic carbocycles. The highest BCUT2D eigenvalue weighted by Gasteiger charge is 2.21. The molecule has 0 aromatic carbocycles. The summed E-state index contributed by atoms with van der Waals surface area (Å²) in [5, 5.41) is 11.7. The first-order valence-corrected chi connectivity index (χ1v) is 28.6. The molecular weight excluding hydrogens is 959 g/mol. The largest absolute Gasteiger partial charge is 0.545 e. The molecule has 0 N–H and O–H groups in total. The first-order valence-electron chi connectivity index (χ1n) is 28.6. The van der Waals surface area contributed by atoms with Crippen LogP contribution in [0.2, 0.25) is 0 Å². The van der Waals surface area contributed by atoms with E-state index in [4.69, 9.17) is 18.9 Å². The smallest absolute Gasteiger partial charge is 0.306 e. The van der Waals surface area contributed by atoms with E-state index in [0.29, 0.717) is 23.9 Å². The number of hydrogen-bond donors (Lipinski definition) is 0. The second-order valence-electron chi connectivity index (χ2n) is 19.1. The van der Waals surface area contributed by atoms with Crippen molar-refractivity contribution in [3.63, 3.8) is 0 Å². The molecule has 77 heavy (non-hydrogen) atoms. The van der Waals surface area contributed by atoms with Gasteiger partial charge in [0.15, 0.2) is 12.4 Å². The van der Waals surface area contributed by atoms with Crippen molar-refractivity contribution in [2.45, 2.75) is 167 Å². The molecule has 0 saturated heterocycles. The molecule has 0 bridgehead atoms. The number of esters is 2. The van der Waals surface area contributed by atoms with Gasteiger partial charge in [-0.15, -0.1) is 0 Å². The molecule has 0 heterocycles. The maximum absolute atomic E-state index is 12.8. The molecular formula is C68H101NO8. The molecule has 0 saturated carbocycles. The van der Waals surface area contributed by atoms with Gasteiger partial charge in [-0.1, -0.05) is 208 Å². The van der Waals surface area contributed by atoms with E-state index in [9.17, 15) is 19.5 Å². The molecule has 0 aliphatic heterocycles. The highest BCUT2D eigenvalue weighted by atomic mass is 16.7. The van der Waals surface area contributed by atoms with Crippen LogP contribution in [0, 0.1) is 0 Å². The zero-order valence-corrected chi connectivity index (χ0v) is 48.2. The average molecular weight is 1060 g/mol. The van der Waals surface area contributed by atoms with Crippen LogP contribution in [0.3, 0.4) is 0 Å². The van der Waals surface area contributed by atoms with Crippen molar-refractivity contribution < 1.29 is 42.9 Å². The van der Waals surface area contributed by atoms with Gasteiger partial charge < -0.3 is 33.3 Å².